The molecule has 0 bridgehead atoms. The van der Waals surface area contributed by atoms with E-state index in [1.807, 2.05) is 30.0 Å². The number of amides is 1. The highest BCUT2D eigenvalue weighted by molar-refractivity contribution is 5.95. The fourth-order valence-electron chi connectivity index (χ4n) is 3.32. The van der Waals surface area contributed by atoms with E-state index in [0.717, 1.165) is 24.1 Å². The van der Waals surface area contributed by atoms with Gasteiger partial charge in [0.15, 0.2) is 0 Å². The van der Waals surface area contributed by atoms with Crippen LogP contribution in [0, 0.1) is 12.8 Å². The Morgan fingerprint density at radius 1 is 1.43 bits per heavy atom. The van der Waals surface area contributed by atoms with Crippen LogP contribution in [0.2, 0.25) is 0 Å². The maximum Gasteiger partial charge on any atom is 0.254 e. The summed E-state index contributed by atoms with van der Waals surface area (Å²) in [5.74, 6) is 0.317. The summed E-state index contributed by atoms with van der Waals surface area (Å²) in [4.78, 5) is 18.6. The molecule has 122 valence electrons. The molecule has 0 saturated carbocycles. The molecule has 23 heavy (non-hydrogen) atoms. The summed E-state index contributed by atoms with van der Waals surface area (Å²) < 4.78 is 1.68. The number of likely N-dealkylation sites (tertiary alicyclic amines) is 1. The number of hydrogen-bond donors (Lipinski definition) is 1. The lowest BCUT2D eigenvalue weighted by Gasteiger charge is -2.39. The molecule has 1 N–H and O–H groups in total. The van der Waals surface area contributed by atoms with E-state index in [0.29, 0.717) is 18.0 Å². The van der Waals surface area contributed by atoms with Crippen LogP contribution in [-0.4, -0.2) is 49.9 Å². The zero-order chi connectivity index (χ0) is 16.4. The summed E-state index contributed by atoms with van der Waals surface area (Å²) in [7, 11) is 0. The number of hydrogen-bond acceptors (Lipinski definition) is 4. The van der Waals surface area contributed by atoms with Crippen molar-refractivity contribution in [2.45, 2.75) is 32.7 Å². The van der Waals surface area contributed by atoms with E-state index in [4.69, 9.17) is 0 Å². The monoisotopic (exact) mass is 314 g/mol. The van der Waals surface area contributed by atoms with Crippen molar-refractivity contribution in [2.24, 2.45) is 5.92 Å². The molecule has 0 spiro atoms. The van der Waals surface area contributed by atoms with Gasteiger partial charge in [-0.3, -0.25) is 4.79 Å². The van der Waals surface area contributed by atoms with Gasteiger partial charge in [0.2, 0.25) is 0 Å². The van der Waals surface area contributed by atoms with Crippen LogP contribution in [0.15, 0.2) is 30.9 Å². The van der Waals surface area contributed by atoms with E-state index in [1.165, 1.54) is 6.33 Å². The van der Waals surface area contributed by atoms with Gasteiger partial charge in [0.1, 0.15) is 12.7 Å². The lowest BCUT2D eigenvalue weighted by molar-refractivity contribution is 0.0358. The zero-order valence-corrected chi connectivity index (χ0v) is 13.5. The lowest BCUT2D eigenvalue weighted by Crippen LogP contribution is -2.49. The zero-order valence-electron chi connectivity index (χ0n) is 13.5. The molecule has 1 saturated heterocycles. The van der Waals surface area contributed by atoms with Crippen LogP contribution >= 0.6 is 0 Å². The molecule has 2 aromatic rings. The predicted octanol–water partition coefficient (Wildman–Crippen LogP) is 1.81. The molecule has 1 aromatic carbocycles. The lowest BCUT2D eigenvalue weighted by atomic mass is 9.90. The normalized spacial score (nSPS) is 21.4. The first-order valence-corrected chi connectivity index (χ1v) is 7.99. The summed E-state index contributed by atoms with van der Waals surface area (Å²) in [6.45, 7) is 4.77. The molecular weight excluding hydrogens is 292 g/mol. The van der Waals surface area contributed by atoms with Crippen LogP contribution in [-0.2, 0) is 0 Å². The van der Waals surface area contributed by atoms with E-state index >= 15 is 0 Å². The number of benzene rings is 1. The first-order chi connectivity index (χ1) is 11.1. The minimum absolute atomic E-state index is 0.0103. The van der Waals surface area contributed by atoms with E-state index in [1.54, 1.807) is 11.0 Å². The van der Waals surface area contributed by atoms with E-state index < -0.39 is 0 Å². The Morgan fingerprint density at radius 2 is 2.26 bits per heavy atom. The van der Waals surface area contributed by atoms with Crippen LogP contribution in [0.4, 0.5) is 0 Å². The van der Waals surface area contributed by atoms with Crippen molar-refractivity contribution in [2.75, 3.05) is 13.2 Å². The van der Waals surface area contributed by atoms with Crippen molar-refractivity contribution in [3.05, 3.63) is 42.0 Å². The van der Waals surface area contributed by atoms with Gasteiger partial charge >= 0.3 is 0 Å². The molecule has 2 atom stereocenters. The Balaban J connectivity index is 1.86. The standard InChI is InChI=1S/C17H22N4O2/c1-12-4-3-7-20(16(12)9-22)17(23)14-5-6-15(13(2)8-14)21-11-18-10-19-21/h5-6,8,10-12,16,22H,3-4,7,9H2,1-2H3. The Bertz CT molecular complexity index is 684. The average Bonchev–Trinajstić information content (AvgIpc) is 3.08. The molecule has 2 heterocycles. The van der Waals surface area contributed by atoms with Crippen LogP contribution in [0.25, 0.3) is 5.69 Å². The Labute approximate surface area is 135 Å². The molecule has 2 unspecified atom stereocenters. The third-order valence-corrected chi connectivity index (χ3v) is 4.67. The van der Waals surface area contributed by atoms with Crippen LogP contribution < -0.4 is 0 Å². The number of carbonyl (C=O) groups excluding carboxylic acids is 1. The quantitative estimate of drug-likeness (QED) is 0.938. The van der Waals surface area contributed by atoms with Crippen molar-refractivity contribution in [1.29, 1.82) is 0 Å². The molecule has 1 aliphatic rings. The number of carbonyl (C=O) groups is 1. The summed E-state index contributed by atoms with van der Waals surface area (Å²) in [5, 5.41) is 13.8. The number of rotatable bonds is 3. The second-order valence-electron chi connectivity index (χ2n) is 6.21. The maximum absolute atomic E-state index is 12.8. The molecule has 0 aliphatic carbocycles. The fraction of sp³-hybridized carbons (Fsp3) is 0.471. The Morgan fingerprint density at radius 3 is 2.91 bits per heavy atom. The van der Waals surface area contributed by atoms with Crippen LogP contribution in [0.3, 0.4) is 0 Å². The minimum atomic E-state index is -0.0912. The van der Waals surface area contributed by atoms with Crippen molar-refractivity contribution < 1.29 is 9.90 Å². The minimum Gasteiger partial charge on any atom is -0.394 e. The van der Waals surface area contributed by atoms with Crippen LogP contribution in [0.1, 0.15) is 35.7 Å². The van der Waals surface area contributed by atoms with Crippen molar-refractivity contribution in [3.8, 4) is 5.69 Å². The van der Waals surface area contributed by atoms with Crippen molar-refractivity contribution >= 4 is 5.91 Å². The number of aryl methyl sites for hydroxylation is 1. The second kappa shape index (κ2) is 6.50. The number of nitrogens with zero attached hydrogens (tertiary/aromatic N) is 4. The van der Waals surface area contributed by atoms with E-state index in [-0.39, 0.29) is 18.6 Å². The Hall–Kier alpha value is -2.21. The highest BCUT2D eigenvalue weighted by Crippen LogP contribution is 2.25. The number of aromatic nitrogens is 3. The van der Waals surface area contributed by atoms with Gasteiger partial charge in [-0.1, -0.05) is 6.92 Å². The molecule has 0 radical (unpaired) electrons. The van der Waals surface area contributed by atoms with Gasteiger partial charge in [0, 0.05) is 12.1 Å². The van der Waals surface area contributed by atoms with Gasteiger partial charge in [-0.15, -0.1) is 0 Å². The molecule has 6 nitrogen and oxygen atoms in total. The second-order valence-corrected chi connectivity index (χ2v) is 6.21. The third kappa shape index (κ3) is 2.99. The van der Waals surface area contributed by atoms with Gasteiger partial charge in [0.05, 0.1) is 18.3 Å². The van der Waals surface area contributed by atoms with Crippen molar-refractivity contribution in [1.82, 2.24) is 19.7 Å². The summed E-state index contributed by atoms with van der Waals surface area (Å²) in [6, 6.07) is 5.50. The predicted molar refractivity (Wildman–Crippen MR) is 86.4 cm³/mol. The summed E-state index contributed by atoms with van der Waals surface area (Å²) in [5.41, 5.74) is 2.52. The first kappa shape index (κ1) is 15.7. The van der Waals surface area contributed by atoms with Gasteiger partial charge in [-0.25, -0.2) is 9.67 Å². The molecule has 1 aromatic heterocycles. The molecule has 1 amide bonds. The molecule has 6 heteroatoms. The van der Waals surface area contributed by atoms with E-state index in [2.05, 4.69) is 17.0 Å². The van der Waals surface area contributed by atoms with Gasteiger partial charge in [0.25, 0.3) is 5.91 Å². The average molecular weight is 314 g/mol. The summed E-state index contributed by atoms with van der Waals surface area (Å²) >= 11 is 0. The Kier molecular flexibility index (Phi) is 4.43. The maximum atomic E-state index is 12.8. The summed E-state index contributed by atoms with van der Waals surface area (Å²) in [6.07, 6.45) is 5.16. The van der Waals surface area contributed by atoms with Crippen molar-refractivity contribution in [3.63, 3.8) is 0 Å². The molecular formula is C17H22N4O2. The number of piperidine rings is 1. The highest BCUT2D eigenvalue weighted by Gasteiger charge is 2.31. The van der Waals surface area contributed by atoms with Crippen LogP contribution in [0.5, 0.6) is 0 Å². The fourth-order valence-corrected chi connectivity index (χ4v) is 3.32. The number of aliphatic hydroxyl groups excluding tert-OH is 1. The highest BCUT2D eigenvalue weighted by atomic mass is 16.3. The van der Waals surface area contributed by atoms with Gasteiger partial charge in [-0.05, 0) is 49.4 Å². The molecule has 3 rings (SSSR count). The van der Waals surface area contributed by atoms with E-state index in [9.17, 15) is 9.90 Å². The van der Waals surface area contributed by atoms with Gasteiger partial charge < -0.3 is 10.0 Å². The smallest absolute Gasteiger partial charge is 0.254 e. The molecule has 1 fully saturated rings. The number of aliphatic hydroxyl groups is 1. The first-order valence-electron chi connectivity index (χ1n) is 7.99. The molecule has 1 aliphatic heterocycles. The van der Waals surface area contributed by atoms with Gasteiger partial charge in [-0.2, -0.15) is 5.10 Å². The third-order valence-electron chi connectivity index (χ3n) is 4.67. The SMILES string of the molecule is Cc1cc(C(=O)N2CCCC(C)C2CO)ccc1-n1cncn1. The largest absolute Gasteiger partial charge is 0.394 e. The topological polar surface area (TPSA) is 71.2 Å².